The smallest absolute Gasteiger partial charge is 0.303 e. The lowest BCUT2D eigenvalue weighted by Gasteiger charge is -2.06. The van der Waals surface area contributed by atoms with Crippen LogP contribution in [0, 0.1) is 5.92 Å². The Bertz CT molecular complexity index is 530. The van der Waals surface area contributed by atoms with E-state index in [2.05, 4.69) is 13.0 Å². The molecule has 2 aliphatic rings. The predicted octanol–water partition coefficient (Wildman–Crippen LogP) is 4.22. The summed E-state index contributed by atoms with van der Waals surface area (Å²) >= 11 is 0. The van der Waals surface area contributed by atoms with Crippen molar-refractivity contribution in [3.63, 3.8) is 0 Å². The SMILES string of the molecule is CCCCC[C@@H]1O[C@H]1/C=C1/C(=O)C=C[C@@H]1C/C=C\CCCC(=O)O. The largest absolute Gasteiger partial charge is 0.481 e. The molecule has 1 saturated heterocycles. The Kier molecular flexibility index (Phi) is 7.44. The summed E-state index contributed by atoms with van der Waals surface area (Å²) in [7, 11) is 0. The zero-order valence-electron chi connectivity index (χ0n) is 14.4. The van der Waals surface area contributed by atoms with Crippen molar-refractivity contribution in [1.29, 1.82) is 0 Å². The van der Waals surface area contributed by atoms with Crippen molar-refractivity contribution in [2.75, 3.05) is 0 Å². The second-order valence-corrected chi connectivity index (χ2v) is 6.58. The lowest BCUT2D eigenvalue weighted by Crippen LogP contribution is -2.04. The molecule has 4 nitrogen and oxygen atoms in total. The molecule has 1 aliphatic carbocycles. The van der Waals surface area contributed by atoms with E-state index >= 15 is 0 Å². The van der Waals surface area contributed by atoms with E-state index in [9.17, 15) is 9.59 Å². The third-order valence-corrected chi connectivity index (χ3v) is 4.54. The monoisotopic (exact) mass is 332 g/mol. The van der Waals surface area contributed by atoms with E-state index in [0.29, 0.717) is 12.5 Å². The van der Waals surface area contributed by atoms with E-state index in [1.807, 2.05) is 18.2 Å². The van der Waals surface area contributed by atoms with Crippen LogP contribution in [-0.4, -0.2) is 29.1 Å². The zero-order valence-corrected chi connectivity index (χ0v) is 14.4. The van der Waals surface area contributed by atoms with Crippen molar-refractivity contribution in [3.05, 3.63) is 36.0 Å². The number of allylic oxidation sites excluding steroid dienone is 5. The second-order valence-electron chi connectivity index (χ2n) is 6.58. The fourth-order valence-electron chi connectivity index (χ4n) is 3.04. The molecule has 1 N–H and O–H groups in total. The van der Waals surface area contributed by atoms with Gasteiger partial charge in [0, 0.05) is 17.9 Å². The molecule has 0 amide bonds. The van der Waals surface area contributed by atoms with Gasteiger partial charge in [0.15, 0.2) is 5.78 Å². The van der Waals surface area contributed by atoms with Crippen molar-refractivity contribution in [2.45, 2.75) is 70.5 Å². The molecule has 3 atom stereocenters. The average molecular weight is 332 g/mol. The molecule has 0 radical (unpaired) electrons. The highest BCUT2D eigenvalue weighted by atomic mass is 16.6. The first kappa shape index (κ1) is 18.7. The fourth-order valence-corrected chi connectivity index (χ4v) is 3.04. The number of ether oxygens (including phenoxy) is 1. The Morgan fingerprint density at radius 1 is 1.29 bits per heavy atom. The van der Waals surface area contributed by atoms with Gasteiger partial charge in [-0.05, 0) is 37.8 Å². The van der Waals surface area contributed by atoms with E-state index in [0.717, 1.165) is 24.8 Å². The summed E-state index contributed by atoms with van der Waals surface area (Å²) in [5.41, 5.74) is 0.855. The van der Waals surface area contributed by atoms with Crippen molar-refractivity contribution in [1.82, 2.24) is 0 Å². The van der Waals surface area contributed by atoms with Crippen LogP contribution in [0.2, 0.25) is 0 Å². The number of carboxylic acid groups (broad SMARTS) is 1. The number of carbonyl (C=O) groups excluding carboxylic acids is 1. The minimum atomic E-state index is -0.754. The standard InChI is InChI=1S/C20H28O4/c1-2-3-6-10-18-19(24-18)14-16-15(12-13-17(16)21)9-7-4-5-8-11-20(22)23/h4,7,12-15,18-19H,2-3,5-6,8-11H2,1H3,(H,22,23)/b7-4-,16-14+/t15-,18-,19-/m0/s1. The van der Waals surface area contributed by atoms with E-state index in [1.54, 1.807) is 6.08 Å². The zero-order chi connectivity index (χ0) is 17.4. The first-order valence-corrected chi connectivity index (χ1v) is 9.08. The molecule has 1 heterocycles. The maximum Gasteiger partial charge on any atom is 0.303 e. The van der Waals surface area contributed by atoms with Gasteiger partial charge in [0.1, 0.15) is 6.10 Å². The molecule has 0 saturated carbocycles. The Morgan fingerprint density at radius 3 is 2.88 bits per heavy atom. The number of unbranched alkanes of at least 4 members (excludes halogenated alkanes) is 3. The minimum Gasteiger partial charge on any atom is -0.481 e. The van der Waals surface area contributed by atoms with Crippen LogP contribution in [0.15, 0.2) is 36.0 Å². The first-order valence-electron chi connectivity index (χ1n) is 9.08. The Morgan fingerprint density at radius 2 is 2.12 bits per heavy atom. The molecule has 1 fully saturated rings. The normalized spacial score (nSPS) is 27.5. The van der Waals surface area contributed by atoms with Gasteiger partial charge >= 0.3 is 5.97 Å². The van der Waals surface area contributed by atoms with E-state index < -0.39 is 5.97 Å². The number of rotatable bonds is 11. The van der Waals surface area contributed by atoms with Crippen molar-refractivity contribution >= 4 is 11.8 Å². The van der Waals surface area contributed by atoms with Crippen LogP contribution >= 0.6 is 0 Å². The molecule has 0 unspecified atom stereocenters. The molecule has 0 aromatic heterocycles. The molecular weight excluding hydrogens is 304 g/mol. The molecule has 4 heteroatoms. The summed E-state index contributed by atoms with van der Waals surface area (Å²) in [6, 6.07) is 0. The Hall–Kier alpha value is -1.68. The van der Waals surface area contributed by atoms with Crippen molar-refractivity contribution in [3.8, 4) is 0 Å². The second kappa shape index (κ2) is 9.58. The maximum absolute atomic E-state index is 12.0. The third kappa shape index (κ3) is 6.08. The van der Waals surface area contributed by atoms with Gasteiger partial charge in [-0.15, -0.1) is 0 Å². The summed E-state index contributed by atoms with van der Waals surface area (Å²) < 4.78 is 5.67. The molecule has 132 valence electrons. The van der Waals surface area contributed by atoms with Crippen LogP contribution in [-0.2, 0) is 14.3 Å². The fraction of sp³-hybridized carbons (Fsp3) is 0.600. The highest BCUT2D eigenvalue weighted by molar-refractivity contribution is 6.07. The number of ketones is 1. The lowest BCUT2D eigenvalue weighted by molar-refractivity contribution is -0.137. The molecular formula is C20H28O4. The first-order chi connectivity index (χ1) is 11.6. The quantitative estimate of drug-likeness (QED) is 0.266. The van der Waals surface area contributed by atoms with Crippen LogP contribution in [0.25, 0.3) is 0 Å². The molecule has 0 aromatic rings. The van der Waals surface area contributed by atoms with Crippen molar-refractivity contribution in [2.24, 2.45) is 5.92 Å². The summed E-state index contributed by atoms with van der Waals surface area (Å²) in [4.78, 5) is 22.5. The van der Waals surface area contributed by atoms with Gasteiger partial charge in [-0.25, -0.2) is 0 Å². The maximum atomic E-state index is 12.0. The van der Waals surface area contributed by atoms with Crippen LogP contribution < -0.4 is 0 Å². The summed E-state index contributed by atoms with van der Waals surface area (Å²) in [6.07, 6.45) is 17.2. The van der Waals surface area contributed by atoms with Crippen LogP contribution in [0.4, 0.5) is 0 Å². The molecule has 0 spiro atoms. The van der Waals surface area contributed by atoms with E-state index in [1.165, 1.54) is 19.3 Å². The van der Waals surface area contributed by atoms with Crippen LogP contribution in [0.3, 0.4) is 0 Å². The van der Waals surface area contributed by atoms with Gasteiger partial charge in [0.05, 0.1) is 6.10 Å². The molecule has 24 heavy (non-hydrogen) atoms. The van der Waals surface area contributed by atoms with E-state index in [-0.39, 0.29) is 24.2 Å². The van der Waals surface area contributed by atoms with Crippen molar-refractivity contribution < 1.29 is 19.4 Å². The summed E-state index contributed by atoms with van der Waals surface area (Å²) in [6.45, 7) is 2.19. The number of carboxylic acids is 1. The topological polar surface area (TPSA) is 66.9 Å². The van der Waals surface area contributed by atoms with Gasteiger partial charge in [0.2, 0.25) is 0 Å². The highest BCUT2D eigenvalue weighted by Crippen LogP contribution is 2.33. The molecule has 0 bridgehead atoms. The van der Waals surface area contributed by atoms with Gasteiger partial charge in [-0.3, -0.25) is 9.59 Å². The average Bonchev–Trinajstić information content (AvgIpc) is 3.20. The molecule has 2 rings (SSSR count). The minimum absolute atomic E-state index is 0.0992. The highest BCUT2D eigenvalue weighted by Gasteiger charge is 2.38. The third-order valence-electron chi connectivity index (χ3n) is 4.54. The number of hydrogen-bond donors (Lipinski definition) is 1. The van der Waals surface area contributed by atoms with E-state index in [4.69, 9.17) is 9.84 Å². The summed E-state index contributed by atoms with van der Waals surface area (Å²) in [5, 5.41) is 8.60. The predicted molar refractivity (Wildman–Crippen MR) is 93.8 cm³/mol. The van der Waals surface area contributed by atoms with Crippen LogP contribution in [0.5, 0.6) is 0 Å². The van der Waals surface area contributed by atoms with Gasteiger partial charge < -0.3 is 9.84 Å². The van der Waals surface area contributed by atoms with Gasteiger partial charge in [-0.1, -0.05) is 44.4 Å². The number of aliphatic carboxylic acids is 1. The Labute approximate surface area is 144 Å². The van der Waals surface area contributed by atoms with Gasteiger partial charge in [0.25, 0.3) is 0 Å². The Balaban J connectivity index is 1.75. The number of carbonyl (C=O) groups is 2. The number of epoxide rings is 1. The number of hydrogen-bond acceptors (Lipinski definition) is 3. The molecule has 1 aliphatic heterocycles. The summed E-state index contributed by atoms with van der Waals surface area (Å²) in [5.74, 6) is -0.522. The lowest BCUT2D eigenvalue weighted by atomic mass is 9.96. The van der Waals surface area contributed by atoms with Gasteiger partial charge in [-0.2, -0.15) is 0 Å². The molecule has 0 aromatic carbocycles. The van der Waals surface area contributed by atoms with Crippen LogP contribution in [0.1, 0.15) is 58.3 Å².